The zero-order valence-corrected chi connectivity index (χ0v) is 11.8. The van der Waals surface area contributed by atoms with Crippen LogP contribution < -0.4 is 0 Å². The molecule has 0 radical (unpaired) electrons. The molecule has 3 rings (SSSR count). The number of ether oxygens (including phenoxy) is 1. The molecular weight excluding hydrogens is 305 g/mol. The van der Waals surface area contributed by atoms with E-state index in [1.54, 1.807) is 18.2 Å². The highest BCUT2D eigenvalue weighted by Gasteiger charge is 2.59. The van der Waals surface area contributed by atoms with Gasteiger partial charge in [-0.25, -0.2) is 8.78 Å². The van der Waals surface area contributed by atoms with Gasteiger partial charge in [-0.15, -0.1) is 11.6 Å². The van der Waals surface area contributed by atoms with Crippen LogP contribution >= 0.6 is 23.2 Å². The van der Waals surface area contributed by atoms with E-state index in [1.807, 2.05) is 6.07 Å². The first kappa shape index (κ1) is 13.8. The summed E-state index contributed by atoms with van der Waals surface area (Å²) in [6, 6.07) is 10.4. The second kappa shape index (κ2) is 4.99. The first-order valence-corrected chi connectivity index (χ1v) is 6.93. The predicted molar refractivity (Wildman–Crippen MR) is 74.0 cm³/mol. The summed E-state index contributed by atoms with van der Waals surface area (Å²) < 4.78 is 32.9. The SMILES string of the molecule is Fc1ccc(F)c(C2(CCl)OC2c2ccccc2Cl)c1. The molecule has 1 nitrogen and oxygen atoms in total. The molecule has 2 unspecified atom stereocenters. The van der Waals surface area contributed by atoms with Gasteiger partial charge in [-0.2, -0.15) is 0 Å². The van der Waals surface area contributed by atoms with Crippen molar-refractivity contribution in [3.8, 4) is 0 Å². The van der Waals surface area contributed by atoms with Crippen LogP contribution in [-0.4, -0.2) is 5.88 Å². The number of hydrogen-bond donors (Lipinski definition) is 0. The topological polar surface area (TPSA) is 12.5 Å². The van der Waals surface area contributed by atoms with E-state index in [4.69, 9.17) is 27.9 Å². The highest BCUT2D eigenvalue weighted by molar-refractivity contribution is 6.31. The molecule has 1 aliphatic heterocycles. The van der Waals surface area contributed by atoms with E-state index in [9.17, 15) is 8.78 Å². The number of rotatable bonds is 3. The third-order valence-corrected chi connectivity index (χ3v) is 4.21. The van der Waals surface area contributed by atoms with Crippen molar-refractivity contribution in [2.24, 2.45) is 0 Å². The van der Waals surface area contributed by atoms with E-state index in [2.05, 4.69) is 0 Å². The first-order chi connectivity index (χ1) is 9.58. The molecule has 0 bridgehead atoms. The van der Waals surface area contributed by atoms with Crippen LogP contribution in [0.2, 0.25) is 5.02 Å². The first-order valence-electron chi connectivity index (χ1n) is 6.02. The van der Waals surface area contributed by atoms with Gasteiger partial charge in [0.25, 0.3) is 0 Å². The number of benzene rings is 2. The Morgan fingerprint density at radius 3 is 2.60 bits per heavy atom. The van der Waals surface area contributed by atoms with Gasteiger partial charge >= 0.3 is 0 Å². The molecule has 0 aromatic heterocycles. The quantitative estimate of drug-likeness (QED) is 0.584. The maximum absolute atomic E-state index is 13.9. The largest absolute Gasteiger partial charge is 0.354 e. The molecule has 2 aromatic carbocycles. The van der Waals surface area contributed by atoms with Gasteiger partial charge < -0.3 is 4.74 Å². The third-order valence-electron chi connectivity index (χ3n) is 3.46. The lowest BCUT2D eigenvalue weighted by Gasteiger charge is -2.12. The fourth-order valence-corrected chi connectivity index (χ4v) is 2.96. The van der Waals surface area contributed by atoms with Gasteiger partial charge in [-0.1, -0.05) is 29.8 Å². The van der Waals surface area contributed by atoms with Crippen LogP contribution in [0, 0.1) is 11.6 Å². The average molecular weight is 315 g/mol. The molecule has 5 heteroatoms. The second-order valence-electron chi connectivity index (χ2n) is 4.67. The molecule has 1 aliphatic rings. The monoisotopic (exact) mass is 314 g/mol. The zero-order valence-electron chi connectivity index (χ0n) is 10.2. The Kier molecular flexibility index (Phi) is 3.44. The minimum Gasteiger partial charge on any atom is -0.354 e. The third kappa shape index (κ3) is 2.10. The van der Waals surface area contributed by atoms with Crippen molar-refractivity contribution in [3.05, 3.63) is 70.2 Å². The molecule has 2 aromatic rings. The van der Waals surface area contributed by atoms with Crippen LogP contribution in [0.25, 0.3) is 0 Å². The molecule has 1 heterocycles. The van der Waals surface area contributed by atoms with Crippen molar-refractivity contribution in [2.45, 2.75) is 11.7 Å². The molecule has 0 amide bonds. The van der Waals surface area contributed by atoms with Gasteiger partial charge in [0, 0.05) is 16.1 Å². The smallest absolute Gasteiger partial charge is 0.141 e. The summed E-state index contributed by atoms with van der Waals surface area (Å²) in [5.41, 5.74) is -0.213. The van der Waals surface area contributed by atoms with Crippen LogP contribution in [0.15, 0.2) is 42.5 Å². The number of epoxide rings is 1. The Balaban J connectivity index is 2.04. The maximum Gasteiger partial charge on any atom is 0.141 e. The molecule has 0 spiro atoms. The van der Waals surface area contributed by atoms with Crippen molar-refractivity contribution in [2.75, 3.05) is 5.88 Å². The number of alkyl halides is 1. The fourth-order valence-electron chi connectivity index (χ4n) is 2.38. The molecule has 1 saturated heterocycles. The molecule has 1 fully saturated rings. The van der Waals surface area contributed by atoms with Crippen LogP contribution in [0.4, 0.5) is 8.78 Å². The van der Waals surface area contributed by atoms with E-state index < -0.39 is 23.3 Å². The lowest BCUT2D eigenvalue weighted by molar-refractivity contribution is 0.309. The summed E-state index contributed by atoms with van der Waals surface area (Å²) in [6.45, 7) is 0. The molecule has 104 valence electrons. The van der Waals surface area contributed by atoms with Crippen molar-refractivity contribution in [3.63, 3.8) is 0 Å². The highest BCUT2D eigenvalue weighted by Crippen LogP contribution is 2.59. The van der Waals surface area contributed by atoms with Gasteiger partial charge in [0.05, 0.1) is 5.88 Å². The minimum atomic E-state index is -1.06. The summed E-state index contributed by atoms with van der Waals surface area (Å²) >= 11 is 12.1. The number of halogens is 4. The van der Waals surface area contributed by atoms with Crippen LogP contribution in [0.1, 0.15) is 17.2 Å². The summed E-state index contributed by atoms with van der Waals surface area (Å²) in [7, 11) is 0. The summed E-state index contributed by atoms with van der Waals surface area (Å²) in [6.07, 6.45) is -0.468. The fraction of sp³-hybridized carbons (Fsp3) is 0.200. The summed E-state index contributed by atoms with van der Waals surface area (Å²) in [5, 5.41) is 0.515. The molecule has 20 heavy (non-hydrogen) atoms. The minimum absolute atomic E-state index is 0.0171. The van der Waals surface area contributed by atoms with Gasteiger partial charge in [0.1, 0.15) is 23.3 Å². The van der Waals surface area contributed by atoms with Crippen LogP contribution in [0.5, 0.6) is 0 Å². The maximum atomic E-state index is 13.9. The Morgan fingerprint density at radius 2 is 1.90 bits per heavy atom. The lowest BCUT2D eigenvalue weighted by atomic mass is 9.93. The summed E-state index contributed by atoms with van der Waals surface area (Å²) in [4.78, 5) is 0. The Labute approximate surface area is 125 Å². The molecule has 0 N–H and O–H groups in total. The Hall–Kier alpha value is -1.16. The van der Waals surface area contributed by atoms with E-state index in [0.29, 0.717) is 5.02 Å². The standard InChI is InChI=1S/C15H10Cl2F2O/c16-8-15(11-7-9(18)5-6-13(11)19)14(20-15)10-3-1-2-4-12(10)17/h1-7,14H,8H2. The Bertz CT molecular complexity index is 662. The van der Waals surface area contributed by atoms with E-state index in [-0.39, 0.29) is 11.4 Å². The van der Waals surface area contributed by atoms with Gasteiger partial charge in [-0.05, 0) is 24.3 Å². The van der Waals surface area contributed by atoms with E-state index >= 15 is 0 Å². The lowest BCUT2D eigenvalue weighted by Crippen LogP contribution is -2.15. The summed E-state index contributed by atoms with van der Waals surface area (Å²) in [5.74, 6) is -1.05. The van der Waals surface area contributed by atoms with Gasteiger partial charge in [-0.3, -0.25) is 0 Å². The predicted octanol–water partition coefficient (Wildman–Crippen LogP) is 4.82. The second-order valence-corrected chi connectivity index (χ2v) is 5.34. The van der Waals surface area contributed by atoms with Crippen molar-refractivity contribution in [1.82, 2.24) is 0 Å². The van der Waals surface area contributed by atoms with Gasteiger partial charge in [0.2, 0.25) is 0 Å². The van der Waals surface area contributed by atoms with Crippen molar-refractivity contribution in [1.29, 1.82) is 0 Å². The normalized spacial score (nSPS) is 24.7. The van der Waals surface area contributed by atoms with Gasteiger partial charge in [0.15, 0.2) is 0 Å². The van der Waals surface area contributed by atoms with Crippen molar-refractivity contribution < 1.29 is 13.5 Å². The number of hydrogen-bond acceptors (Lipinski definition) is 1. The molecule has 0 aliphatic carbocycles. The van der Waals surface area contributed by atoms with E-state index in [1.165, 1.54) is 0 Å². The molecule has 0 saturated carbocycles. The zero-order chi connectivity index (χ0) is 14.3. The highest BCUT2D eigenvalue weighted by atomic mass is 35.5. The average Bonchev–Trinajstić information content (AvgIpc) is 3.18. The van der Waals surface area contributed by atoms with Crippen LogP contribution in [-0.2, 0) is 10.3 Å². The molecule has 2 atom stereocenters. The molecular formula is C15H10Cl2F2O. The van der Waals surface area contributed by atoms with E-state index in [0.717, 1.165) is 23.8 Å². The van der Waals surface area contributed by atoms with Crippen molar-refractivity contribution >= 4 is 23.2 Å². The van der Waals surface area contributed by atoms with Crippen LogP contribution in [0.3, 0.4) is 0 Å². The Morgan fingerprint density at radius 1 is 1.15 bits per heavy atom.